The predicted molar refractivity (Wildman–Crippen MR) is 49.1 cm³/mol. The first-order valence-corrected chi connectivity index (χ1v) is 4.22. The standard InChI is InChI=1S/C7H13N3O.ClH/c11-9-10-4-6-2-1-3-8-7(6)5-10;/h6-8H,1-5H2;1H/t6-,7+;/m0./s1. The largest absolute Gasteiger partial charge is 0.312 e. The summed E-state index contributed by atoms with van der Waals surface area (Å²) < 4.78 is 0. The zero-order valence-electron chi connectivity index (χ0n) is 6.90. The maximum atomic E-state index is 10.2. The third-order valence-electron chi connectivity index (χ3n) is 2.70. The van der Waals surface area contributed by atoms with Crippen molar-refractivity contribution in [1.82, 2.24) is 10.3 Å². The summed E-state index contributed by atoms with van der Waals surface area (Å²) in [5.74, 6) is 0.668. The summed E-state index contributed by atoms with van der Waals surface area (Å²) in [6.07, 6.45) is 2.50. The molecule has 2 aliphatic heterocycles. The van der Waals surface area contributed by atoms with E-state index >= 15 is 0 Å². The summed E-state index contributed by atoms with van der Waals surface area (Å²) in [5.41, 5.74) is 0. The minimum atomic E-state index is 0. The number of rotatable bonds is 1. The maximum absolute atomic E-state index is 10.2. The molecule has 12 heavy (non-hydrogen) atoms. The van der Waals surface area contributed by atoms with Gasteiger partial charge in [0.1, 0.15) is 0 Å². The molecule has 2 aliphatic rings. The zero-order chi connectivity index (χ0) is 7.68. The van der Waals surface area contributed by atoms with Crippen molar-refractivity contribution in [3.05, 3.63) is 4.91 Å². The lowest BCUT2D eigenvalue weighted by Crippen LogP contribution is -2.40. The second-order valence-electron chi connectivity index (χ2n) is 3.42. The van der Waals surface area contributed by atoms with Crippen molar-refractivity contribution in [2.45, 2.75) is 18.9 Å². The van der Waals surface area contributed by atoms with Gasteiger partial charge in [-0.05, 0) is 25.3 Å². The third kappa shape index (κ3) is 1.69. The number of nitroso groups, excluding NO2 is 1. The molecule has 0 aliphatic carbocycles. The van der Waals surface area contributed by atoms with Gasteiger partial charge in [-0.2, -0.15) is 0 Å². The second-order valence-corrected chi connectivity index (χ2v) is 3.42. The van der Waals surface area contributed by atoms with Crippen LogP contribution in [0.4, 0.5) is 0 Å². The van der Waals surface area contributed by atoms with Gasteiger partial charge in [0.25, 0.3) is 0 Å². The molecule has 2 fully saturated rings. The van der Waals surface area contributed by atoms with E-state index < -0.39 is 0 Å². The Kier molecular flexibility index (Phi) is 3.29. The van der Waals surface area contributed by atoms with E-state index in [4.69, 9.17) is 0 Å². The van der Waals surface area contributed by atoms with Crippen LogP contribution in [0.5, 0.6) is 0 Å². The highest BCUT2D eigenvalue weighted by atomic mass is 35.5. The van der Waals surface area contributed by atoms with Crippen LogP contribution in [0, 0.1) is 10.8 Å². The van der Waals surface area contributed by atoms with Crippen molar-refractivity contribution in [1.29, 1.82) is 0 Å². The lowest BCUT2D eigenvalue weighted by molar-refractivity contribution is 0.329. The summed E-state index contributed by atoms with van der Waals surface area (Å²) in [6.45, 7) is 2.78. The minimum Gasteiger partial charge on any atom is -0.312 e. The Hall–Kier alpha value is -0.350. The number of hydrogen-bond donors (Lipinski definition) is 1. The van der Waals surface area contributed by atoms with E-state index in [2.05, 4.69) is 10.6 Å². The number of fused-ring (bicyclic) bond motifs is 1. The molecule has 0 amide bonds. The fourth-order valence-electron chi connectivity index (χ4n) is 2.09. The van der Waals surface area contributed by atoms with E-state index in [0.29, 0.717) is 12.0 Å². The van der Waals surface area contributed by atoms with Gasteiger partial charge in [-0.1, -0.05) is 0 Å². The lowest BCUT2D eigenvalue weighted by atomic mass is 9.94. The fraction of sp³-hybridized carbons (Fsp3) is 1.00. The van der Waals surface area contributed by atoms with Crippen LogP contribution >= 0.6 is 12.4 Å². The maximum Gasteiger partial charge on any atom is 0.0549 e. The quantitative estimate of drug-likeness (QED) is 0.623. The van der Waals surface area contributed by atoms with Gasteiger partial charge in [0.05, 0.1) is 11.8 Å². The Balaban J connectivity index is 0.000000720. The Morgan fingerprint density at radius 2 is 2.25 bits per heavy atom. The molecule has 0 saturated carbocycles. The Bertz CT molecular complexity index is 153. The van der Waals surface area contributed by atoms with Crippen molar-refractivity contribution >= 4 is 12.4 Å². The highest BCUT2D eigenvalue weighted by Crippen LogP contribution is 2.24. The molecule has 2 atom stereocenters. The molecule has 1 N–H and O–H groups in total. The van der Waals surface area contributed by atoms with Crippen LogP contribution in [0.3, 0.4) is 0 Å². The van der Waals surface area contributed by atoms with E-state index in [0.717, 1.165) is 19.6 Å². The van der Waals surface area contributed by atoms with Gasteiger partial charge in [0.2, 0.25) is 0 Å². The smallest absolute Gasteiger partial charge is 0.0549 e. The van der Waals surface area contributed by atoms with Crippen LogP contribution < -0.4 is 5.32 Å². The molecule has 2 rings (SSSR count). The van der Waals surface area contributed by atoms with Crippen molar-refractivity contribution in [2.75, 3.05) is 19.6 Å². The molecule has 4 nitrogen and oxygen atoms in total. The molecule has 0 aromatic rings. The first-order chi connectivity index (χ1) is 5.40. The molecule has 2 saturated heterocycles. The molecule has 0 aromatic heterocycles. The summed E-state index contributed by atoms with van der Waals surface area (Å²) >= 11 is 0. The average molecular weight is 192 g/mol. The minimum absolute atomic E-state index is 0. The number of nitrogens with zero attached hydrogens (tertiary/aromatic N) is 2. The summed E-state index contributed by atoms with van der Waals surface area (Å²) in [5, 5.41) is 7.99. The predicted octanol–water partition coefficient (Wildman–Crippen LogP) is 0.773. The first-order valence-electron chi connectivity index (χ1n) is 4.22. The highest BCUT2D eigenvalue weighted by molar-refractivity contribution is 5.85. The normalized spacial score (nSPS) is 33.8. The van der Waals surface area contributed by atoms with Gasteiger partial charge >= 0.3 is 0 Å². The molecule has 0 spiro atoms. The Morgan fingerprint density at radius 3 is 2.92 bits per heavy atom. The van der Waals surface area contributed by atoms with E-state index in [9.17, 15) is 4.91 Å². The number of nitrogens with one attached hydrogen (secondary N) is 1. The average Bonchev–Trinajstić information content (AvgIpc) is 2.46. The van der Waals surface area contributed by atoms with Crippen LogP contribution in [0.1, 0.15) is 12.8 Å². The van der Waals surface area contributed by atoms with E-state index in [1.807, 2.05) is 0 Å². The van der Waals surface area contributed by atoms with E-state index in [1.165, 1.54) is 12.8 Å². The molecule has 2 heterocycles. The fourth-order valence-corrected chi connectivity index (χ4v) is 2.09. The molecule has 0 radical (unpaired) electrons. The summed E-state index contributed by atoms with van der Waals surface area (Å²) in [6, 6.07) is 0.529. The van der Waals surface area contributed by atoms with Gasteiger partial charge in [-0.25, -0.2) is 0 Å². The topological polar surface area (TPSA) is 44.7 Å². The number of piperidine rings is 1. The van der Waals surface area contributed by atoms with Crippen LogP contribution in [-0.4, -0.2) is 30.7 Å². The molecular formula is C7H14ClN3O. The SMILES string of the molecule is Cl.O=NN1C[C@@H]2CCCN[C@@H]2C1. The van der Waals surface area contributed by atoms with Crippen LogP contribution in [0.15, 0.2) is 5.29 Å². The van der Waals surface area contributed by atoms with Crippen LogP contribution in [0.2, 0.25) is 0 Å². The molecule has 0 unspecified atom stereocenters. The van der Waals surface area contributed by atoms with Crippen molar-refractivity contribution < 1.29 is 0 Å². The van der Waals surface area contributed by atoms with Gasteiger partial charge in [0.15, 0.2) is 0 Å². The molecule has 0 bridgehead atoms. The van der Waals surface area contributed by atoms with Crippen molar-refractivity contribution in [3.8, 4) is 0 Å². The number of hydrogen-bond acceptors (Lipinski definition) is 3. The van der Waals surface area contributed by atoms with Gasteiger partial charge in [-0.3, -0.25) is 5.01 Å². The van der Waals surface area contributed by atoms with Crippen LogP contribution in [-0.2, 0) is 0 Å². The van der Waals surface area contributed by atoms with Crippen molar-refractivity contribution in [2.24, 2.45) is 11.2 Å². The Morgan fingerprint density at radius 1 is 1.42 bits per heavy atom. The van der Waals surface area contributed by atoms with Gasteiger partial charge in [-0.15, -0.1) is 17.3 Å². The van der Waals surface area contributed by atoms with E-state index in [1.54, 1.807) is 5.01 Å². The molecule has 0 aromatic carbocycles. The summed E-state index contributed by atoms with van der Waals surface area (Å²) in [4.78, 5) is 10.2. The monoisotopic (exact) mass is 191 g/mol. The second kappa shape index (κ2) is 4.05. The summed E-state index contributed by atoms with van der Waals surface area (Å²) in [7, 11) is 0. The first kappa shape index (κ1) is 9.74. The third-order valence-corrected chi connectivity index (χ3v) is 2.70. The molecular weight excluding hydrogens is 178 g/mol. The van der Waals surface area contributed by atoms with Gasteiger partial charge in [0, 0.05) is 12.6 Å². The van der Waals surface area contributed by atoms with E-state index in [-0.39, 0.29) is 12.4 Å². The van der Waals surface area contributed by atoms with Crippen LogP contribution in [0.25, 0.3) is 0 Å². The van der Waals surface area contributed by atoms with Gasteiger partial charge < -0.3 is 5.32 Å². The molecule has 5 heteroatoms. The number of halogens is 1. The molecule has 70 valence electrons. The lowest BCUT2D eigenvalue weighted by Gasteiger charge is -2.24. The van der Waals surface area contributed by atoms with Crippen molar-refractivity contribution in [3.63, 3.8) is 0 Å². The highest BCUT2D eigenvalue weighted by Gasteiger charge is 2.34. The Labute approximate surface area is 78.0 Å². The zero-order valence-corrected chi connectivity index (χ0v) is 7.72.